The van der Waals surface area contributed by atoms with E-state index in [-0.39, 0.29) is 11.7 Å². The number of benzene rings is 2. The number of nitrogens with zero attached hydrogens (tertiary/aromatic N) is 2. The summed E-state index contributed by atoms with van der Waals surface area (Å²) in [6.45, 7) is 3.64. The molecule has 1 aliphatic heterocycles. The Morgan fingerprint density at radius 1 is 0.963 bits per heavy atom. The SMILES string of the molecule is Cc1ccccc1SCC(=O)N1CCN(S(=O)(=O)Cc2ccccc2)CC1. The van der Waals surface area contributed by atoms with Crippen molar-refractivity contribution in [2.45, 2.75) is 17.6 Å². The van der Waals surface area contributed by atoms with E-state index >= 15 is 0 Å². The summed E-state index contributed by atoms with van der Waals surface area (Å²) in [5, 5.41) is 0. The normalized spacial score (nSPS) is 15.7. The molecule has 0 unspecified atom stereocenters. The Morgan fingerprint density at radius 3 is 2.26 bits per heavy atom. The molecule has 27 heavy (non-hydrogen) atoms. The lowest BCUT2D eigenvalue weighted by atomic mass is 10.2. The van der Waals surface area contributed by atoms with Gasteiger partial charge in [0, 0.05) is 31.1 Å². The molecule has 2 aromatic carbocycles. The van der Waals surface area contributed by atoms with Crippen LogP contribution in [0.25, 0.3) is 0 Å². The van der Waals surface area contributed by atoms with Crippen LogP contribution in [0, 0.1) is 6.92 Å². The van der Waals surface area contributed by atoms with Gasteiger partial charge in [-0.25, -0.2) is 8.42 Å². The van der Waals surface area contributed by atoms with E-state index in [0.717, 1.165) is 16.0 Å². The number of carbonyl (C=O) groups excluding carboxylic acids is 1. The average molecular weight is 405 g/mol. The largest absolute Gasteiger partial charge is 0.339 e. The highest BCUT2D eigenvalue weighted by atomic mass is 32.2. The van der Waals surface area contributed by atoms with Gasteiger partial charge in [-0.15, -0.1) is 11.8 Å². The van der Waals surface area contributed by atoms with Gasteiger partial charge in [0.15, 0.2) is 0 Å². The third-order valence-corrected chi connectivity index (χ3v) is 7.63. The molecule has 1 saturated heterocycles. The first-order valence-electron chi connectivity index (χ1n) is 8.94. The summed E-state index contributed by atoms with van der Waals surface area (Å²) >= 11 is 1.53. The van der Waals surface area contributed by atoms with Crippen molar-refractivity contribution in [3.8, 4) is 0 Å². The number of rotatable bonds is 6. The Labute approximate surface area is 165 Å². The molecule has 0 spiro atoms. The number of amides is 1. The van der Waals surface area contributed by atoms with Gasteiger partial charge in [0.25, 0.3) is 0 Å². The van der Waals surface area contributed by atoms with Crippen LogP contribution in [0.4, 0.5) is 0 Å². The van der Waals surface area contributed by atoms with Gasteiger partial charge in [0.05, 0.1) is 11.5 Å². The first-order valence-corrected chi connectivity index (χ1v) is 11.5. The van der Waals surface area contributed by atoms with Crippen LogP contribution in [0.15, 0.2) is 59.5 Å². The number of carbonyl (C=O) groups is 1. The standard InChI is InChI=1S/C20H24N2O3S2/c1-17-7-5-6-10-19(17)26-15-20(23)21-11-13-22(14-12-21)27(24,25)16-18-8-3-2-4-9-18/h2-10H,11-16H2,1H3. The Bertz CT molecular complexity index is 877. The second-order valence-electron chi connectivity index (χ2n) is 6.58. The van der Waals surface area contributed by atoms with Gasteiger partial charge in [-0.1, -0.05) is 48.5 Å². The van der Waals surface area contributed by atoms with Crippen LogP contribution < -0.4 is 0 Å². The number of sulfonamides is 1. The lowest BCUT2D eigenvalue weighted by Gasteiger charge is -2.34. The van der Waals surface area contributed by atoms with Crippen LogP contribution in [0.2, 0.25) is 0 Å². The molecule has 0 saturated carbocycles. The molecule has 1 aliphatic rings. The van der Waals surface area contributed by atoms with E-state index in [9.17, 15) is 13.2 Å². The van der Waals surface area contributed by atoms with Crippen molar-refractivity contribution in [1.82, 2.24) is 9.21 Å². The Hall–Kier alpha value is -1.83. The highest BCUT2D eigenvalue weighted by Crippen LogP contribution is 2.22. The van der Waals surface area contributed by atoms with Crippen LogP contribution in [0.1, 0.15) is 11.1 Å². The molecule has 0 radical (unpaired) electrons. The molecule has 0 aliphatic carbocycles. The number of hydrogen-bond acceptors (Lipinski definition) is 4. The summed E-state index contributed by atoms with van der Waals surface area (Å²) in [5.41, 5.74) is 1.94. The maximum atomic E-state index is 12.6. The fourth-order valence-electron chi connectivity index (χ4n) is 3.04. The first-order chi connectivity index (χ1) is 13.0. The van der Waals surface area contributed by atoms with Crippen molar-refractivity contribution in [3.63, 3.8) is 0 Å². The molecular formula is C20H24N2O3S2. The number of hydrogen-bond donors (Lipinski definition) is 0. The lowest BCUT2D eigenvalue weighted by Crippen LogP contribution is -2.51. The predicted octanol–water partition coefficient (Wildman–Crippen LogP) is 2.76. The second-order valence-corrected chi connectivity index (χ2v) is 9.56. The number of piperazine rings is 1. The van der Waals surface area contributed by atoms with Crippen molar-refractivity contribution in [3.05, 3.63) is 65.7 Å². The van der Waals surface area contributed by atoms with Gasteiger partial charge in [-0.05, 0) is 24.1 Å². The second kappa shape index (κ2) is 8.91. The first kappa shape index (κ1) is 19.9. The molecule has 0 bridgehead atoms. The zero-order chi connectivity index (χ0) is 19.3. The van der Waals surface area contributed by atoms with Crippen molar-refractivity contribution in [2.24, 2.45) is 0 Å². The van der Waals surface area contributed by atoms with E-state index in [1.54, 1.807) is 4.90 Å². The third kappa shape index (κ3) is 5.34. The predicted molar refractivity (Wildman–Crippen MR) is 109 cm³/mol. The fraction of sp³-hybridized carbons (Fsp3) is 0.350. The minimum atomic E-state index is -3.36. The highest BCUT2D eigenvalue weighted by Gasteiger charge is 2.28. The van der Waals surface area contributed by atoms with Gasteiger partial charge in [0.2, 0.25) is 15.9 Å². The number of thioether (sulfide) groups is 1. The molecule has 3 rings (SSSR count). The van der Waals surface area contributed by atoms with Gasteiger partial charge < -0.3 is 4.90 Å². The molecule has 2 aromatic rings. The van der Waals surface area contributed by atoms with Gasteiger partial charge >= 0.3 is 0 Å². The molecule has 1 fully saturated rings. The van der Waals surface area contributed by atoms with E-state index in [0.29, 0.717) is 31.9 Å². The molecule has 5 nitrogen and oxygen atoms in total. The maximum absolute atomic E-state index is 12.6. The zero-order valence-electron chi connectivity index (χ0n) is 15.4. The molecule has 1 amide bonds. The molecule has 0 atom stereocenters. The third-order valence-electron chi connectivity index (χ3n) is 4.62. The summed E-state index contributed by atoms with van der Waals surface area (Å²) < 4.78 is 26.7. The van der Waals surface area contributed by atoms with Crippen molar-refractivity contribution in [1.29, 1.82) is 0 Å². The van der Waals surface area contributed by atoms with Gasteiger partial charge in [-0.2, -0.15) is 4.31 Å². The van der Waals surface area contributed by atoms with Crippen molar-refractivity contribution in [2.75, 3.05) is 31.9 Å². The van der Waals surface area contributed by atoms with Crippen LogP contribution in [0.5, 0.6) is 0 Å². The maximum Gasteiger partial charge on any atom is 0.233 e. The lowest BCUT2D eigenvalue weighted by molar-refractivity contribution is -0.129. The summed E-state index contributed by atoms with van der Waals surface area (Å²) in [5.74, 6) is 0.440. The van der Waals surface area contributed by atoms with E-state index in [1.165, 1.54) is 16.1 Å². The summed E-state index contributed by atoms with van der Waals surface area (Å²) in [4.78, 5) is 15.3. The average Bonchev–Trinajstić information content (AvgIpc) is 2.68. The molecule has 144 valence electrons. The Morgan fingerprint density at radius 2 is 1.59 bits per heavy atom. The van der Waals surface area contributed by atoms with E-state index in [4.69, 9.17) is 0 Å². The van der Waals surface area contributed by atoms with Crippen LogP contribution in [-0.2, 0) is 20.6 Å². The van der Waals surface area contributed by atoms with Gasteiger partial charge in [0.1, 0.15) is 0 Å². The van der Waals surface area contributed by atoms with E-state index in [1.807, 2.05) is 61.5 Å². The molecule has 7 heteroatoms. The van der Waals surface area contributed by atoms with Crippen molar-refractivity contribution < 1.29 is 13.2 Å². The highest BCUT2D eigenvalue weighted by molar-refractivity contribution is 8.00. The number of aryl methyl sites for hydroxylation is 1. The van der Waals surface area contributed by atoms with Crippen LogP contribution in [0.3, 0.4) is 0 Å². The smallest absolute Gasteiger partial charge is 0.233 e. The molecular weight excluding hydrogens is 380 g/mol. The van der Waals surface area contributed by atoms with Gasteiger partial charge in [-0.3, -0.25) is 4.79 Å². The minimum Gasteiger partial charge on any atom is -0.339 e. The zero-order valence-corrected chi connectivity index (χ0v) is 17.0. The summed E-state index contributed by atoms with van der Waals surface area (Å²) in [7, 11) is -3.36. The minimum absolute atomic E-state index is 0.00488. The van der Waals surface area contributed by atoms with E-state index < -0.39 is 10.0 Å². The van der Waals surface area contributed by atoms with Crippen LogP contribution in [-0.4, -0.2) is 55.5 Å². The quantitative estimate of drug-likeness (QED) is 0.695. The molecule has 1 heterocycles. The Balaban J connectivity index is 1.50. The van der Waals surface area contributed by atoms with E-state index in [2.05, 4.69) is 0 Å². The fourth-order valence-corrected chi connectivity index (χ4v) is 5.49. The monoisotopic (exact) mass is 404 g/mol. The Kier molecular flexibility index (Phi) is 6.57. The van der Waals surface area contributed by atoms with Crippen molar-refractivity contribution >= 4 is 27.7 Å². The molecule has 0 N–H and O–H groups in total. The van der Waals surface area contributed by atoms with Crippen LogP contribution >= 0.6 is 11.8 Å². The molecule has 0 aromatic heterocycles. The summed E-state index contributed by atoms with van der Waals surface area (Å²) in [6.07, 6.45) is 0. The summed E-state index contributed by atoms with van der Waals surface area (Å²) in [6, 6.07) is 17.2. The topological polar surface area (TPSA) is 57.7 Å².